The zero-order valence-electron chi connectivity index (χ0n) is 11.4. The van der Waals surface area contributed by atoms with Crippen molar-refractivity contribution in [2.45, 2.75) is 25.7 Å². The largest absolute Gasteiger partial charge is 0.287 e. The van der Waals surface area contributed by atoms with Crippen LogP contribution in [0.5, 0.6) is 0 Å². The predicted molar refractivity (Wildman–Crippen MR) is 82.1 cm³/mol. The lowest BCUT2D eigenvalue weighted by Crippen LogP contribution is -2.36. The number of carbonyl (C=O) groups excluding carboxylic acids is 1. The van der Waals surface area contributed by atoms with Gasteiger partial charge in [0.2, 0.25) is 0 Å². The molecule has 1 aromatic carbocycles. The summed E-state index contributed by atoms with van der Waals surface area (Å²) < 4.78 is 14.2. The van der Waals surface area contributed by atoms with Crippen LogP contribution >= 0.6 is 10.5 Å². The number of amides is 1. The Labute approximate surface area is 120 Å². The summed E-state index contributed by atoms with van der Waals surface area (Å²) in [6, 6.07) is 5.25. The van der Waals surface area contributed by atoms with E-state index in [9.17, 15) is 9.18 Å². The summed E-state index contributed by atoms with van der Waals surface area (Å²) in [4.78, 5) is 16.3. The SMILES string of the molecule is Cc1ccc(F)c(C2CCCN/C2=S2/C=NC(=O)C2)c1. The van der Waals surface area contributed by atoms with E-state index in [4.69, 9.17) is 0 Å². The Balaban J connectivity index is 2.03. The monoisotopic (exact) mass is 292 g/mol. The highest BCUT2D eigenvalue weighted by atomic mass is 32.2. The van der Waals surface area contributed by atoms with E-state index in [1.165, 1.54) is 6.07 Å². The van der Waals surface area contributed by atoms with Gasteiger partial charge in [0.1, 0.15) is 5.82 Å². The standard InChI is InChI=1S/C15H17FN2OS/c1-10-4-5-13(16)12(7-10)11-3-2-6-17-15(11)20-8-14(19)18-9-20/h4-5,7,9,11,17H,2-3,6,8H2,1H3. The maximum atomic E-state index is 14.2. The van der Waals surface area contributed by atoms with Crippen LogP contribution in [-0.4, -0.2) is 28.7 Å². The van der Waals surface area contributed by atoms with E-state index >= 15 is 0 Å². The van der Waals surface area contributed by atoms with Gasteiger partial charge >= 0.3 is 0 Å². The average molecular weight is 292 g/mol. The summed E-state index contributed by atoms with van der Waals surface area (Å²) in [5.74, 6) is 0.251. The summed E-state index contributed by atoms with van der Waals surface area (Å²) in [5, 5.41) is 3.40. The van der Waals surface area contributed by atoms with Crippen molar-refractivity contribution in [3.05, 3.63) is 35.1 Å². The molecule has 2 aliphatic heterocycles. The first kappa shape index (κ1) is 13.6. The molecule has 0 saturated carbocycles. The van der Waals surface area contributed by atoms with Crippen molar-refractivity contribution in [3.8, 4) is 0 Å². The highest BCUT2D eigenvalue weighted by Crippen LogP contribution is 2.33. The fourth-order valence-electron chi connectivity index (χ4n) is 2.74. The fraction of sp³-hybridized carbons (Fsp3) is 0.400. The minimum atomic E-state index is -0.292. The quantitative estimate of drug-likeness (QED) is 0.808. The number of nitrogens with zero attached hydrogens (tertiary/aromatic N) is 1. The molecule has 106 valence electrons. The van der Waals surface area contributed by atoms with Crippen LogP contribution in [0.3, 0.4) is 0 Å². The van der Waals surface area contributed by atoms with E-state index in [-0.39, 0.29) is 28.1 Å². The highest BCUT2D eigenvalue weighted by molar-refractivity contribution is 8.28. The predicted octanol–water partition coefficient (Wildman–Crippen LogP) is 2.57. The number of halogens is 1. The van der Waals surface area contributed by atoms with Gasteiger partial charge in [0.25, 0.3) is 5.91 Å². The Bertz CT molecular complexity index is 624. The van der Waals surface area contributed by atoms with E-state index in [0.717, 1.165) is 35.5 Å². The first-order valence-corrected chi connectivity index (χ1v) is 8.24. The first-order valence-electron chi connectivity index (χ1n) is 6.78. The minimum Gasteiger partial charge on any atom is -0.287 e. The number of piperidine rings is 1. The molecule has 3 nitrogen and oxygen atoms in total. The molecule has 3 rings (SSSR count). The maximum absolute atomic E-state index is 14.2. The molecule has 0 radical (unpaired) electrons. The normalized spacial score (nSPS) is 28.1. The number of benzene rings is 1. The fourth-order valence-corrected chi connectivity index (χ4v) is 4.57. The molecule has 0 aromatic heterocycles. The molecule has 0 aliphatic carbocycles. The molecule has 1 amide bonds. The van der Waals surface area contributed by atoms with Crippen LogP contribution in [0.4, 0.5) is 4.39 Å². The molecular weight excluding hydrogens is 275 g/mol. The number of nitrogens with one attached hydrogen (secondary N) is 1. The van der Waals surface area contributed by atoms with Crippen LogP contribution in [0.25, 0.3) is 0 Å². The zero-order chi connectivity index (χ0) is 14.1. The molecule has 2 atom stereocenters. The third-order valence-corrected chi connectivity index (χ3v) is 5.61. The van der Waals surface area contributed by atoms with Crippen molar-refractivity contribution in [3.63, 3.8) is 0 Å². The average Bonchev–Trinajstić information content (AvgIpc) is 2.88. The lowest BCUT2D eigenvalue weighted by molar-refractivity contribution is -0.115. The van der Waals surface area contributed by atoms with Crippen molar-refractivity contribution in [2.24, 2.45) is 4.99 Å². The molecule has 0 spiro atoms. The lowest BCUT2D eigenvalue weighted by atomic mass is 9.90. The van der Waals surface area contributed by atoms with Crippen LogP contribution in [0, 0.1) is 12.7 Å². The smallest absolute Gasteiger partial charge is 0.256 e. The summed E-state index contributed by atoms with van der Waals surface area (Å²) >= 11 is 0. The van der Waals surface area contributed by atoms with Crippen molar-refractivity contribution in [1.29, 1.82) is 0 Å². The Morgan fingerprint density at radius 1 is 1.45 bits per heavy atom. The molecule has 2 heterocycles. The third kappa shape index (κ3) is 2.60. The third-order valence-electron chi connectivity index (χ3n) is 3.70. The van der Waals surface area contributed by atoms with Gasteiger partial charge in [-0.05, 0) is 31.4 Å². The van der Waals surface area contributed by atoms with Crippen molar-refractivity contribution >= 4 is 26.9 Å². The second-order valence-corrected chi connectivity index (χ2v) is 7.01. The lowest BCUT2D eigenvalue weighted by Gasteiger charge is -2.28. The van der Waals surface area contributed by atoms with Crippen molar-refractivity contribution < 1.29 is 9.18 Å². The highest BCUT2D eigenvalue weighted by Gasteiger charge is 2.27. The van der Waals surface area contributed by atoms with Gasteiger partial charge in [0.15, 0.2) is 0 Å². The van der Waals surface area contributed by atoms with Crippen LogP contribution in [-0.2, 0) is 4.79 Å². The molecule has 20 heavy (non-hydrogen) atoms. The molecule has 5 heteroatoms. The topological polar surface area (TPSA) is 41.5 Å². The van der Waals surface area contributed by atoms with Gasteiger partial charge in [0.05, 0.1) is 11.3 Å². The Kier molecular flexibility index (Phi) is 3.81. The zero-order valence-corrected chi connectivity index (χ0v) is 12.2. The summed E-state index contributed by atoms with van der Waals surface area (Å²) in [6.45, 7) is 2.87. The Morgan fingerprint density at radius 3 is 3.05 bits per heavy atom. The van der Waals surface area contributed by atoms with Crippen molar-refractivity contribution in [2.75, 3.05) is 12.3 Å². The van der Waals surface area contributed by atoms with Gasteiger partial charge in [0, 0.05) is 17.5 Å². The number of aliphatic imine (C=N–C) groups is 1. The minimum absolute atomic E-state index is 0.0457. The number of aryl methyl sites for hydroxylation is 1. The Morgan fingerprint density at radius 2 is 2.30 bits per heavy atom. The van der Waals surface area contributed by atoms with E-state index in [1.807, 2.05) is 13.0 Å². The van der Waals surface area contributed by atoms with Crippen LogP contribution in [0.2, 0.25) is 0 Å². The molecule has 2 unspecified atom stereocenters. The molecule has 1 saturated heterocycles. The van der Waals surface area contributed by atoms with Gasteiger partial charge in [-0.25, -0.2) is 9.38 Å². The molecule has 1 N–H and O–H groups in total. The van der Waals surface area contributed by atoms with E-state index in [0.29, 0.717) is 5.75 Å². The number of carbonyl (C=O) groups is 1. The van der Waals surface area contributed by atoms with Crippen LogP contribution in [0.1, 0.15) is 29.9 Å². The van der Waals surface area contributed by atoms with E-state index < -0.39 is 0 Å². The second-order valence-electron chi connectivity index (χ2n) is 5.21. The maximum Gasteiger partial charge on any atom is 0.256 e. The molecular formula is C15H17FN2OS. The number of rotatable bonds is 1. The van der Waals surface area contributed by atoms with Crippen LogP contribution in [0.15, 0.2) is 23.2 Å². The molecule has 2 aliphatic rings. The Hall–Kier alpha value is -1.33. The summed E-state index contributed by atoms with van der Waals surface area (Å²) in [6.07, 6.45) is 1.94. The first-order chi connectivity index (χ1) is 9.65. The molecule has 1 aromatic rings. The van der Waals surface area contributed by atoms with Gasteiger partial charge in [-0.3, -0.25) is 10.1 Å². The summed E-state index contributed by atoms with van der Waals surface area (Å²) in [7, 11) is -0.292. The molecule has 1 fully saturated rings. The van der Waals surface area contributed by atoms with Crippen LogP contribution < -0.4 is 5.32 Å². The molecule has 0 bridgehead atoms. The van der Waals surface area contributed by atoms with Gasteiger partial charge in [-0.2, -0.15) is 0 Å². The number of hydrogen-bond donors (Lipinski definition) is 1. The number of hydrogen-bond acceptors (Lipinski definition) is 1. The van der Waals surface area contributed by atoms with Gasteiger partial charge < -0.3 is 0 Å². The van der Waals surface area contributed by atoms with E-state index in [1.54, 1.807) is 11.6 Å². The van der Waals surface area contributed by atoms with Crippen molar-refractivity contribution in [1.82, 2.24) is 5.32 Å². The summed E-state index contributed by atoms with van der Waals surface area (Å²) in [5.41, 5.74) is 3.54. The van der Waals surface area contributed by atoms with Gasteiger partial charge in [-0.1, -0.05) is 17.7 Å². The van der Waals surface area contributed by atoms with E-state index in [2.05, 4.69) is 10.3 Å². The van der Waals surface area contributed by atoms with Gasteiger partial charge in [-0.15, -0.1) is 10.5 Å². The second kappa shape index (κ2) is 5.58.